The highest BCUT2D eigenvalue weighted by atomic mass is 15.1. The van der Waals surface area contributed by atoms with E-state index in [-0.39, 0.29) is 0 Å². The molecule has 0 radical (unpaired) electrons. The van der Waals surface area contributed by atoms with E-state index in [9.17, 15) is 0 Å². The summed E-state index contributed by atoms with van der Waals surface area (Å²) in [6, 6.07) is 4.10. The summed E-state index contributed by atoms with van der Waals surface area (Å²) < 4.78 is 0. The van der Waals surface area contributed by atoms with E-state index in [1.54, 1.807) is 0 Å². The highest BCUT2D eigenvalue weighted by molar-refractivity contribution is 5.30. The Hall–Kier alpha value is -1.33. The van der Waals surface area contributed by atoms with Gasteiger partial charge in [0.05, 0.1) is 6.54 Å². The molecule has 16 heavy (non-hydrogen) atoms. The van der Waals surface area contributed by atoms with E-state index in [4.69, 9.17) is 0 Å². The van der Waals surface area contributed by atoms with Gasteiger partial charge in [-0.25, -0.2) is 4.98 Å². The highest BCUT2D eigenvalue weighted by Crippen LogP contribution is 2.12. The van der Waals surface area contributed by atoms with Crippen LogP contribution in [0.1, 0.15) is 37.9 Å². The van der Waals surface area contributed by atoms with Crippen molar-refractivity contribution in [2.75, 3.05) is 20.1 Å². The molecule has 0 aromatic carbocycles. The smallest absolute Gasteiger partial charge is 0.113 e. The predicted octanol–water partition coefficient (Wildman–Crippen LogP) is 2.51. The second-order valence-corrected chi connectivity index (χ2v) is 4.26. The molecule has 0 aliphatic carbocycles. The second-order valence-electron chi connectivity index (χ2n) is 4.26. The zero-order valence-corrected chi connectivity index (χ0v) is 10.6. The van der Waals surface area contributed by atoms with Gasteiger partial charge in [-0.05, 0) is 37.1 Å². The van der Waals surface area contributed by atoms with Crippen LogP contribution in [-0.4, -0.2) is 30.0 Å². The Morgan fingerprint density at radius 3 is 2.62 bits per heavy atom. The molecule has 1 heterocycles. The fourth-order valence-electron chi connectivity index (χ4n) is 1.20. The van der Waals surface area contributed by atoms with Gasteiger partial charge in [0.15, 0.2) is 0 Å². The Bertz CT molecular complexity index is 368. The fraction of sp³-hybridized carbons (Fsp3) is 0.500. The van der Waals surface area contributed by atoms with Crippen LogP contribution in [-0.2, 0) is 0 Å². The first-order valence-electron chi connectivity index (χ1n) is 5.76. The molecule has 0 atom stereocenters. The number of hydrogen-bond donors (Lipinski definition) is 0. The van der Waals surface area contributed by atoms with Gasteiger partial charge in [-0.2, -0.15) is 0 Å². The molecule has 0 saturated heterocycles. The van der Waals surface area contributed by atoms with Gasteiger partial charge in [-0.15, -0.1) is 0 Å². The van der Waals surface area contributed by atoms with Crippen LogP contribution in [0, 0.1) is 11.8 Å². The third-order valence-electron chi connectivity index (χ3n) is 2.56. The molecule has 86 valence electrons. The standard InChI is InChI=1S/C14H20N2/c1-5-16(4)10-6-7-14-9-8-13(11-15-14)12(2)3/h8-9,11-12H,5,10H2,1-4H3. The Balaban J connectivity index is 2.61. The van der Waals surface area contributed by atoms with E-state index in [0.29, 0.717) is 5.92 Å². The molecule has 0 saturated carbocycles. The summed E-state index contributed by atoms with van der Waals surface area (Å²) in [5, 5.41) is 0. The third-order valence-corrected chi connectivity index (χ3v) is 2.56. The molecule has 0 N–H and O–H groups in total. The van der Waals surface area contributed by atoms with Gasteiger partial charge in [0.2, 0.25) is 0 Å². The zero-order valence-electron chi connectivity index (χ0n) is 10.6. The van der Waals surface area contributed by atoms with Crippen molar-refractivity contribution in [2.24, 2.45) is 0 Å². The number of nitrogens with zero attached hydrogens (tertiary/aromatic N) is 2. The minimum Gasteiger partial charge on any atom is -0.296 e. The lowest BCUT2D eigenvalue weighted by atomic mass is 10.1. The maximum atomic E-state index is 4.33. The summed E-state index contributed by atoms with van der Waals surface area (Å²) in [4.78, 5) is 6.49. The average molecular weight is 216 g/mol. The van der Waals surface area contributed by atoms with Crippen LogP contribution < -0.4 is 0 Å². The first kappa shape index (κ1) is 12.7. The summed E-state index contributed by atoms with van der Waals surface area (Å²) in [6.45, 7) is 8.27. The van der Waals surface area contributed by atoms with Crippen LogP contribution in [0.25, 0.3) is 0 Å². The maximum absolute atomic E-state index is 4.33. The number of pyridine rings is 1. The fourth-order valence-corrected chi connectivity index (χ4v) is 1.20. The van der Waals surface area contributed by atoms with E-state index < -0.39 is 0 Å². The second kappa shape index (κ2) is 6.30. The SMILES string of the molecule is CCN(C)CC#Cc1ccc(C(C)C)cn1. The van der Waals surface area contributed by atoms with Crippen molar-refractivity contribution in [1.82, 2.24) is 9.88 Å². The van der Waals surface area contributed by atoms with Gasteiger partial charge in [0.25, 0.3) is 0 Å². The first-order chi connectivity index (χ1) is 7.63. The van der Waals surface area contributed by atoms with Crippen molar-refractivity contribution < 1.29 is 0 Å². The molecule has 0 bridgehead atoms. The Labute approximate surface area is 98.7 Å². The predicted molar refractivity (Wildman–Crippen MR) is 68.4 cm³/mol. The van der Waals surface area contributed by atoms with Gasteiger partial charge in [0.1, 0.15) is 5.69 Å². The summed E-state index contributed by atoms with van der Waals surface area (Å²) in [5.74, 6) is 6.72. The Kier molecular flexibility index (Phi) is 5.01. The lowest BCUT2D eigenvalue weighted by molar-refractivity contribution is 0.398. The molecule has 2 heteroatoms. The first-order valence-corrected chi connectivity index (χ1v) is 5.76. The lowest BCUT2D eigenvalue weighted by Gasteiger charge is -2.07. The molecule has 2 nitrogen and oxygen atoms in total. The Morgan fingerprint density at radius 2 is 2.12 bits per heavy atom. The maximum Gasteiger partial charge on any atom is 0.113 e. The van der Waals surface area contributed by atoms with Gasteiger partial charge >= 0.3 is 0 Å². The van der Waals surface area contributed by atoms with E-state index in [2.05, 4.69) is 55.6 Å². The van der Waals surface area contributed by atoms with Crippen LogP contribution in [0.4, 0.5) is 0 Å². The molecular weight excluding hydrogens is 196 g/mol. The summed E-state index contributed by atoms with van der Waals surface area (Å²) in [5.41, 5.74) is 2.12. The number of aromatic nitrogens is 1. The van der Waals surface area contributed by atoms with Crippen LogP contribution >= 0.6 is 0 Å². The van der Waals surface area contributed by atoms with Gasteiger partial charge in [-0.1, -0.05) is 32.8 Å². The van der Waals surface area contributed by atoms with Gasteiger partial charge in [0, 0.05) is 6.20 Å². The quantitative estimate of drug-likeness (QED) is 0.722. The molecular formula is C14H20N2. The third kappa shape index (κ3) is 4.04. The molecule has 0 unspecified atom stereocenters. The largest absolute Gasteiger partial charge is 0.296 e. The molecule has 1 rings (SSSR count). The van der Waals surface area contributed by atoms with E-state index in [1.807, 2.05) is 12.3 Å². The molecule has 0 aliphatic heterocycles. The van der Waals surface area contributed by atoms with Gasteiger partial charge in [-0.3, -0.25) is 4.90 Å². The summed E-state index contributed by atoms with van der Waals surface area (Å²) >= 11 is 0. The lowest BCUT2D eigenvalue weighted by Crippen LogP contribution is -2.17. The summed E-state index contributed by atoms with van der Waals surface area (Å²) in [7, 11) is 2.06. The number of rotatable bonds is 3. The average Bonchev–Trinajstić information content (AvgIpc) is 2.29. The molecule has 1 aromatic heterocycles. The highest BCUT2D eigenvalue weighted by Gasteiger charge is 1.98. The van der Waals surface area contributed by atoms with Crippen molar-refractivity contribution in [3.63, 3.8) is 0 Å². The van der Waals surface area contributed by atoms with Crippen molar-refractivity contribution in [3.05, 3.63) is 29.6 Å². The van der Waals surface area contributed by atoms with E-state index in [0.717, 1.165) is 18.8 Å². The van der Waals surface area contributed by atoms with E-state index in [1.165, 1.54) is 5.56 Å². The van der Waals surface area contributed by atoms with Crippen LogP contribution in [0.5, 0.6) is 0 Å². The van der Waals surface area contributed by atoms with Crippen molar-refractivity contribution in [2.45, 2.75) is 26.7 Å². The minimum absolute atomic E-state index is 0.528. The van der Waals surface area contributed by atoms with Crippen LogP contribution in [0.2, 0.25) is 0 Å². The van der Waals surface area contributed by atoms with Crippen molar-refractivity contribution in [3.8, 4) is 11.8 Å². The monoisotopic (exact) mass is 216 g/mol. The van der Waals surface area contributed by atoms with Crippen LogP contribution in [0.15, 0.2) is 18.3 Å². The van der Waals surface area contributed by atoms with Gasteiger partial charge < -0.3 is 0 Å². The summed E-state index contributed by atoms with van der Waals surface area (Å²) in [6.07, 6.45) is 1.91. The normalized spacial score (nSPS) is 10.4. The van der Waals surface area contributed by atoms with E-state index >= 15 is 0 Å². The number of hydrogen-bond acceptors (Lipinski definition) is 2. The van der Waals surface area contributed by atoms with Crippen molar-refractivity contribution >= 4 is 0 Å². The minimum atomic E-state index is 0.528. The molecule has 0 spiro atoms. The zero-order chi connectivity index (χ0) is 12.0. The molecule has 0 fully saturated rings. The van der Waals surface area contributed by atoms with Crippen molar-refractivity contribution in [1.29, 1.82) is 0 Å². The molecule has 0 aliphatic rings. The topological polar surface area (TPSA) is 16.1 Å². The molecule has 0 amide bonds. The Morgan fingerprint density at radius 1 is 1.38 bits per heavy atom. The van der Waals surface area contributed by atoms with Crippen LogP contribution in [0.3, 0.4) is 0 Å². The molecule has 1 aromatic rings.